The molecule has 0 bridgehead atoms. The van der Waals surface area contributed by atoms with Crippen molar-refractivity contribution >= 4 is 5.69 Å². The Bertz CT molecular complexity index is 630. The predicted molar refractivity (Wildman–Crippen MR) is 66.3 cm³/mol. The predicted octanol–water partition coefficient (Wildman–Crippen LogP) is 3.00. The van der Waals surface area contributed by atoms with Crippen LogP contribution in [0.25, 0.3) is 0 Å². The van der Waals surface area contributed by atoms with Crippen molar-refractivity contribution in [1.82, 2.24) is 0 Å². The molecule has 0 saturated carbocycles. The second-order valence-electron chi connectivity index (χ2n) is 3.94. The van der Waals surface area contributed by atoms with Crippen LogP contribution < -0.4 is 10.5 Å². The second kappa shape index (κ2) is 5.36. The Morgan fingerprint density at radius 3 is 2.58 bits per heavy atom. The van der Waals surface area contributed by atoms with Crippen LogP contribution in [0.1, 0.15) is 11.1 Å². The Morgan fingerprint density at radius 2 is 1.95 bits per heavy atom. The third-order valence-electron chi connectivity index (χ3n) is 2.44. The number of benzene rings is 2. The van der Waals surface area contributed by atoms with Gasteiger partial charge in [-0.1, -0.05) is 0 Å². The Balaban J connectivity index is 2.12. The molecule has 96 valence electrons. The number of hydrogen-bond acceptors (Lipinski definition) is 3. The monoisotopic (exact) mass is 260 g/mol. The summed E-state index contributed by atoms with van der Waals surface area (Å²) >= 11 is 0. The first-order valence-electron chi connectivity index (χ1n) is 5.46. The summed E-state index contributed by atoms with van der Waals surface area (Å²) in [6, 6.07) is 9.70. The van der Waals surface area contributed by atoms with Crippen LogP contribution in [-0.2, 0) is 6.61 Å². The molecule has 0 atom stereocenters. The summed E-state index contributed by atoms with van der Waals surface area (Å²) in [5, 5.41) is 8.61. The highest BCUT2D eigenvalue weighted by atomic mass is 19.1. The summed E-state index contributed by atoms with van der Waals surface area (Å²) in [5.41, 5.74) is 6.48. The maximum absolute atomic E-state index is 13.5. The van der Waals surface area contributed by atoms with Crippen LogP contribution in [0.3, 0.4) is 0 Å². The number of anilines is 1. The molecule has 0 radical (unpaired) electrons. The largest absolute Gasteiger partial charge is 0.486 e. The van der Waals surface area contributed by atoms with Crippen LogP contribution >= 0.6 is 0 Å². The van der Waals surface area contributed by atoms with Crippen LogP contribution in [0.4, 0.5) is 14.5 Å². The van der Waals surface area contributed by atoms with Crippen molar-refractivity contribution in [3.8, 4) is 11.8 Å². The molecule has 0 spiro atoms. The van der Waals surface area contributed by atoms with E-state index in [4.69, 9.17) is 15.7 Å². The number of hydrogen-bond donors (Lipinski definition) is 1. The van der Waals surface area contributed by atoms with E-state index in [-0.39, 0.29) is 23.6 Å². The standard InChI is InChI=1S/C14H10F2N2O/c15-11-3-10(4-12(18)6-11)8-19-14-2-1-9(7-17)5-13(14)16/h1-6H,8,18H2. The van der Waals surface area contributed by atoms with Gasteiger partial charge in [0.2, 0.25) is 0 Å². The first-order chi connectivity index (χ1) is 9.08. The summed E-state index contributed by atoms with van der Waals surface area (Å²) in [6.45, 7) is -0.00915. The Morgan fingerprint density at radius 1 is 1.16 bits per heavy atom. The highest BCUT2D eigenvalue weighted by molar-refractivity contribution is 5.41. The smallest absolute Gasteiger partial charge is 0.166 e. The molecular formula is C14H10F2N2O. The van der Waals surface area contributed by atoms with E-state index < -0.39 is 11.6 Å². The molecule has 2 N–H and O–H groups in total. The zero-order chi connectivity index (χ0) is 13.8. The van der Waals surface area contributed by atoms with Crippen LogP contribution in [0.15, 0.2) is 36.4 Å². The maximum atomic E-state index is 13.5. The second-order valence-corrected chi connectivity index (χ2v) is 3.94. The lowest BCUT2D eigenvalue weighted by Crippen LogP contribution is -1.99. The van der Waals surface area contributed by atoms with E-state index in [0.29, 0.717) is 5.56 Å². The number of nitrogens with two attached hydrogens (primary N) is 1. The minimum absolute atomic E-state index is 0.00170. The summed E-state index contributed by atoms with van der Waals surface area (Å²) < 4.78 is 31.8. The first kappa shape index (κ1) is 12.8. The van der Waals surface area contributed by atoms with Gasteiger partial charge in [-0.2, -0.15) is 5.26 Å². The van der Waals surface area contributed by atoms with E-state index in [1.807, 2.05) is 6.07 Å². The quantitative estimate of drug-likeness (QED) is 0.863. The Hall–Kier alpha value is -2.61. The van der Waals surface area contributed by atoms with E-state index >= 15 is 0 Å². The molecule has 19 heavy (non-hydrogen) atoms. The molecule has 0 aromatic heterocycles. The third-order valence-corrected chi connectivity index (χ3v) is 2.44. The molecule has 0 aliphatic carbocycles. The van der Waals surface area contributed by atoms with E-state index in [2.05, 4.69) is 0 Å². The molecule has 5 heteroatoms. The Kier molecular flexibility index (Phi) is 3.62. The van der Waals surface area contributed by atoms with Crippen molar-refractivity contribution in [3.05, 3.63) is 59.2 Å². The molecule has 0 heterocycles. The van der Waals surface area contributed by atoms with Gasteiger partial charge in [-0.3, -0.25) is 0 Å². The number of nitriles is 1. The molecular weight excluding hydrogens is 250 g/mol. The molecule has 2 aromatic rings. The highest BCUT2D eigenvalue weighted by Crippen LogP contribution is 2.20. The number of ether oxygens (including phenoxy) is 1. The van der Waals surface area contributed by atoms with Gasteiger partial charge in [0.05, 0.1) is 11.6 Å². The molecule has 0 aliphatic rings. The molecule has 0 fully saturated rings. The molecule has 2 rings (SSSR count). The van der Waals surface area contributed by atoms with Gasteiger partial charge in [-0.15, -0.1) is 0 Å². The van der Waals surface area contributed by atoms with Crippen molar-refractivity contribution in [2.24, 2.45) is 0 Å². The van der Waals surface area contributed by atoms with Crippen LogP contribution in [0.2, 0.25) is 0 Å². The molecule has 2 aromatic carbocycles. The zero-order valence-corrected chi connectivity index (χ0v) is 9.86. The lowest BCUT2D eigenvalue weighted by molar-refractivity contribution is 0.290. The van der Waals surface area contributed by atoms with Crippen molar-refractivity contribution < 1.29 is 13.5 Å². The fraction of sp³-hybridized carbons (Fsp3) is 0.0714. The molecule has 0 aliphatic heterocycles. The minimum Gasteiger partial charge on any atom is -0.486 e. The van der Waals surface area contributed by atoms with Gasteiger partial charge in [0, 0.05) is 5.69 Å². The lowest BCUT2D eigenvalue weighted by atomic mass is 10.2. The van der Waals surface area contributed by atoms with Crippen molar-refractivity contribution in [2.75, 3.05) is 5.73 Å². The SMILES string of the molecule is N#Cc1ccc(OCc2cc(N)cc(F)c2)c(F)c1. The van der Waals surface area contributed by atoms with Gasteiger partial charge in [-0.25, -0.2) is 8.78 Å². The average Bonchev–Trinajstić information content (AvgIpc) is 2.36. The molecule has 3 nitrogen and oxygen atoms in total. The first-order valence-corrected chi connectivity index (χ1v) is 5.46. The van der Waals surface area contributed by atoms with Crippen LogP contribution in [0.5, 0.6) is 5.75 Å². The fourth-order valence-electron chi connectivity index (χ4n) is 1.61. The van der Waals surface area contributed by atoms with Gasteiger partial charge in [0.1, 0.15) is 12.4 Å². The molecule has 0 saturated heterocycles. The lowest BCUT2D eigenvalue weighted by Gasteiger charge is -2.08. The fourth-order valence-corrected chi connectivity index (χ4v) is 1.61. The van der Waals surface area contributed by atoms with Gasteiger partial charge < -0.3 is 10.5 Å². The van der Waals surface area contributed by atoms with Crippen LogP contribution in [-0.4, -0.2) is 0 Å². The number of nitrogen functional groups attached to an aromatic ring is 1. The third kappa shape index (κ3) is 3.19. The van der Waals surface area contributed by atoms with E-state index in [1.54, 1.807) is 6.07 Å². The van der Waals surface area contributed by atoms with E-state index in [1.165, 1.54) is 24.3 Å². The number of rotatable bonds is 3. The van der Waals surface area contributed by atoms with Crippen molar-refractivity contribution in [1.29, 1.82) is 5.26 Å². The van der Waals surface area contributed by atoms with Gasteiger partial charge in [-0.05, 0) is 42.0 Å². The topological polar surface area (TPSA) is 59.0 Å². The molecule has 0 unspecified atom stereocenters. The van der Waals surface area contributed by atoms with Gasteiger partial charge in [0.25, 0.3) is 0 Å². The maximum Gasteiger partial charge on any atom is 0.166 e. The van der Waals surface area contributed by atoms with Gasteiger partial charge >= 0.3 is 0 Å². The average molecular weight is 260 g/mol. The minimum atomic E-state index is -0.636. The number of halogens is 2. The van der Waals surface area contributed by atoms with Crippen molar-refractivity contribution in [3.63, 3.8) is 0 Å². The summed E-state index contributed by atoms with van der Waals surface area (Å²) in [4.78, 5) is 0. The summed E-state index contributed by atoms with van der Waals surface area (Å²) in [6.07, 6.45) is 0. The highest BCUT2D eigenvalue weighted by Gasteiger charge is 2.06. The van der Waals surface area contributed by atoms with E-state index in [9.17, 15) is 8.78 Å². The summed E-state index contributed by atoms with van der Waals surface area (Å²) in [7, 11) is 0. The molecule has 0 amide bonds. The zero-order valence-electron chi connectivity index (χ0n) is 9.86. The van der Waals surface area contributed by atoms with Crippen molar-refractivity contribution in [2.45, 2.75) is 6.61 Å². The van der Waals surface area contributed by atoms with Crippen LogP contribution in [0, 0.1) is 23.0 Å². The van der Waals surface area contributed by atoms with E-state index in [0.717, 1.165) is 6.07 Å². The number of nitrogens with zero attached hydrogens (tertiary/aromatic N) is 1. The Labute approximate surface area is 108 Å². The summed E-state index contributed by atoms with van der Waals surface area (Å²) in [5.74, 6) is -1.11. The van der Waals surface area contributed by atoms with Gasteiger partial charge in [0.15, 0.2) is 11.6 Å². The normalized spacial score (nSPS) is 9.95.